The molecule has 1 rings (SSSR count). The van der Waals surface area contributed by atoms with Gasteiger partial charge >= 0.3 is 0 Å². The average Bonchev–Trinajstić information content (AvgIpc) is 2.55. The van der Waals surface area contributed by atoms with Crippen LogP contribution < -0.4 is 0 Å². The van der Waals surface area contributed by atoms with E-state index in [-0.39, 0.29) is 23.7 Å². The van der Waals surface area contributed by atoms with E-state index in [1.807, 2.05) is 0 Å². The number of hydrogen-bond donors (Lipinski definition) is 0. The Morgan fingerprint density at radius 1 is 1.24 bits per heavy atom. The van der Waals surface area contributed by atoms with E-state index in [1.165, 1.54) is 0 Å². The lowest BCUT2D eigenvalue weighted by molar-refractivity contribution is 0.389. The predicted molar refractivity (Wildman–Crippen MR) is 101 cm³/mol. The molecular formula is C16H27N3O4S2. The minimum absolute atomic E-state index is 0.148. The molecule has 0 amide bonds. The van der Waals surface area contributed by atoms with E-state index < -0.39 is 36.1 Å². The van der Waals surface area contributed by atoms with Crippen LogP contribution in [0.3, 0.4) is 0 Å². The van der Waals surface area contributed by atoms with Crippen molar-refractivity contribution in [3.8, 4) is 0 Å². The predicted octanol–water partition coefficient (Wildman–Crippen LogP) is 3.56. The molecule has 0 saturated heterocycles. The van der Waals surface area contributed by atoms with Crippen LogP contribution in [0.1, 0.15) is 45.4 Å². The molecule has 1 fully saturated rings. The maximum absolute atomic E-state index is 13.1. The smallest absolute Gasteiger partial charge is 0.199 e. The van der Waals surface area contributed by atoms with Crippen molar-refractivity contribution in [2.45, 2.75) is 49.5 Å². The molecule has 142 valence electrons. The summed E-state index contributed by atoms with van der Waals surface area (Å²) in [5.74, 6) is -1.03. The van der Waals surface area contributed by atoms with Crippen LogP contribution in [0.4, 0.5) is 0 Å². The topological polar surface area (TPSA) is 117 Å². The lowest BCUT2D eigenvalue weighted by atomic mass is 9.83. The first kappa shape index (κ1) is 21.7. The third-order valence-electron chi connectivity index (χ3n) is 4.74. The van der Waals surface area contributed by atoms with Crippen LogP contribution in [0.2, 0.25) is 0 Å². The van der Waals surface area contributed by atoms with Gasteiger partial charge in [-0.1, -0.05) is 44.0 Å². The highest BCUT2D eigenvalue weighted by atomic mass is 32.3. The Labute approximate surface area is 150 Å². The van der Waals surface area contributed by atoms with Crippen LogP contribution in [0, 0.1) is 5.92 Å². The van der Waals surface area contributed by atoms with Gasteiger partial charge in [0.2, 0.25) is 0 Å². The molecule has 0 aromatic carbocycles. The highest BCUT2D eigenvalue weighted by Crippen LogP contribution is 2.43. The number of azide groups is 1. The number of rotatable bonds is 10. The number of sulfone groups is 2. The minimum Gasteiger partial charge on any atom is -0.227 e. The van der Waals surface area contributed by atoms with E-state index in [0.717, 1.165) is 25.3 Å². The summed E-state index contributed by atoms with van der Waals surface area (Å²) in [4.78, 5) is 2.62. The van der Waals surface area contributed by atoms with Gasteiger partial charge in [0.15, 0.2) is 23.8 Å². The van der Waals surface area contributed by atoms with Crippen molar-refractivity contribution in [3.63, 3.8) is 0 Å². The summed E-state index contributed by atoms with van der Waals surface area (Å²) in [5, 5.41) is 3.38. The zero-order chi connectivity index (χ0) is 19.1. The fraction of sp³-hybridized carbons (Fsp3) is 0.750. The second-order valence-electron chi connectivity index (χ2n) is 6.39. The SMILES string of the molecule is C=CCS(=O)(=O)C(CN=[N+]=[N-])(C(=C)C1CCCCC1)S(=O)(=O)CCC. The van der Waals surface area contributed by atoms with Gasteiger partial charge in [0, 0.05) is 4.91 Å². The van der Waals surface area contributed by atoms with E-state index in [0.29, 0.717) is 12.8 Å². The van der Waals surface area contributed by atoms with Crippen LogP contribution in [0.25, 0.3) is 10.4 Å². The Bertz CT molecular complexity index is 746. The maximum atomic E-state index is 13.1. The Hall–Kier alpha value is -1.31. The van der Waals surface area contributed by atoms with Crippen molar-refractivity contribution in [2.24, 2.45) is 11.0 Å². The Balaban J connectivity index is 3.67. The van der Waals surface area contributed by atoms with Gasteiger partial charge in [0.1, 0.15) is 0 Å². The Morgan fingerprint density at radius 2 is 1.84 bits per heavy atom. The summed E-state index contributed by atoms with van der Waals surface area (Å²) in [7, 11) is -8.34. The van der Waals surface area contributed by atoms with Gasteiger partial charge in [-0.05, 0) is 36.3 Å². The van der Waals surface area contributed by atoms with Crippen LogP contribution in [0.15, 0.2) is 29.9 Å². The van der Waals surface area contributed by atoms with E-state index in [4.69, 9.17) is 5.53 Å². The van der Waals surface area contributed by atoms with Gasteiger partial charge in [0.05, 0.1) is 18.1 Å². The molecule has 0 bridgehead atoms. The standard InChI is InChI=1S/C16H27N3O4S2/c1-4-11-24(20,21)16(13-18-19-17,25(22,23)12-5-2)14(3)15-9-7-6-8-10-15/h4,15H,1,3,5-13H2,2H3. The maximum Gasteiger partial charge on any atom is 0.199 e. The third-order valence-corrected chi connectivity index (χ3v) is 10.7. The van der Waals surface area contributed by atoms with Crippen LogP contribution in [-0.2, 0) is 19.7 Å². The van der Waals surface area contributed by atoms with E-state index in [1.54, 1.807) is 6.92 Å². The number of nitrogens with zero attached hydrogens (tertiary/aromatic N) is 3. The Morgan fingerprint density at radius 3 is 2.32 bits per heavy atom. The monoisotopic (exact) mass is 389 g/mol. The molecule has 0 aromatic rings. The zero-order valence-electron chi connectivity index (χ0n) is 14.7. The Kier molecular flexibility index (Phi) is 7.71. The molecule has 1 saturated carbocycles. The zero-order valence-corrected chi connectivity index (χ0v) is 16.4. The second-order valence-corrected chi connectivity index (χ2v) is 11.2. The molecule has 0 heterocycles. The molecule has 1 aliphatic rings. The second kappa shape index (κ2) is 8.87. The van der Waals surface area contributed by atoms with Gasteiger partial charge < -0.3 is 0 Å². The third kappa shape index (κ3) is 4.27. The fourth-order valence-electron chi connectivity index (χ4n) is 3.50. The van der Waals surface area contributed by atoms with E-state index in [2.05, 4.69) is 23.2 Å². The normalized spacial score (nSPS) is 18.8. The van der Waals surface area contributed by atoms with E-state index in [9.17, 15) is 16.8 Å². The van der Waals surface area contributed by atoms with Crippen LogP contribution in [0.5, 0.6) is 0 Å². The summed E-state index contributed by atoms with van der Waals surface area (Å²) in [6.45, 7) is 8.34. The van der Waals surface area contributed by atoms with Crippen LogP contribution in [-0.4, -0.2) is 39.0 Å². The fourth-order valence-corrected chi connectivity index (χ4v) is 8.59. The molecule has 1 aliphatic carbocycles. The van der Waals surface area contributed by atoms with Gasteiger partial charge in [-0.2, -0.15) is 0 Å². The van der Waals surface area contributed by atoms with Crippen molar-refractivity contribution < 1.29 is 16.8 Å². The summed E-state index contributed by atoms with van der Waals surface area (Å²) in [6, 6.07) is 0. The molecule has 7 nitrogen and oxygen atoms in total. The molecule has 1 unspecified atom stereocenters. The minimum atomic E-state index is -4.21. The molecule has 0 spiro atoms. The first-order valence-corrected chi connectivity index (χ1v) is 11.8. The molecule has 0 aliphatic heterocycles. The lowest BCUT2D eigenvalue weighted by Crippen LogP contribution is -2.53. The number of hydrogen-bond acceptors (Lipinski definition) is 5. The summed E-state index contributed by atoms with van der Waals surface area (Å²) in [5.41, 5.74) is 8.88. The van der Waals surface area contributed by atoms with Crippen LogP contribution >= 0.6 is 0 Å². The highest BCUT2D eigenvalue weighted by molar-refractivity contribution is 8.10. The molecule has 0 N–H and O–H groups in total. The quantitative estimate of drug-likeness (QED) is 0.246. The van der Waals surface area contributed by atoms with Crippen molar-refractivity contribution in [1.82, 2.24) is 0 Å². The average molecular weight is 390 g/mol. The van der Waals surface area contributed by atoms with Crippen molar-refractivity contribution in [2.75, 3.05) is 18.1 Å². The van der Waals surface area contributed by atoms with Crippen molar-refractivity contribution in [3.05, 3.63) is 35.2 Å². The summed E-state index contributed by atoms with van der Waals surface area (Å²) in [6.07, 6.45) is 5.66. The molecule has 1 atom stereocenters. The molecule has 25 heavy (non-hydrogen) atoms. The van der Waals surface area contributed by atoms with Gasteiger partial charge in [-0.3, -0.25) is 0 Å². The summed E-state index contributed by atoms with van der Waals surface area (Å²) < 4.78 is 50.1. The highest BCUT2D eigenvalue weighted by Gasteiger charge is 2.56. The largest absolute Gasteiger partial charge is 0.227 e. The molecule has 0 radical (unpaired) electrons. The van der Waals surface area contributed by atoms with Gasteiger partial charge in [-0.15, -0.1) is 6.58 Å². The first-order chi connectivity index (χ1) is 11.7. The molecular weight excluding hydrogens is 362 g/mol. The molecule has 9 heteroatoms. The van der Waals surface area contributed by atoms with Gasteiger partial charge in [0.25, 0.3) is 0 Å². The van der Waals surface area contributed by atoms with Crippen molar-refractivity contribution >= 4 is 19.7 Å². The van der Waals surface area contributed by atoms with Gasteiger partial charge in [-0.25, -0.2) is 16.8 Å². The molecule has 0 aromatic heterocycles. The summed E-state index contributed by atoms with van der Waals surface area (Å²) >= 11 is 0. The van der Waals surface area contributed by atoms with Crippen molar-refractivity contribution in [1.29, 1.82) is 0 Å². The lowest BCUT2D eigenvalue weighted by Gasteiger charge is -2.38. The van der Waals surface area contributed by atoms with E-state index >= 15 is 0 Å². The first-order valence-electron chi connectivity index (χ1n) is 8.45.